The van der Waals surface area contributed by atoms with Crippen LogP contribution in [0.5, 0.6) is 0 Å². The van der Waals surface area contributed by atoms with Crippen LogP contribution in [0.4, 0.5) is 5.69 Å². The molecule has 9 heteroatoms. The van der Waals surface area contributed by atoms with Crippen molar-refractivity contribution in [3.8, 4) is 0 Å². The molecule has 0 unspecified atom stereocenters. The number of anilines is 1. The summed E-state index contributed by atoms with van der Waals surface area (Å²) in [7, 11) is -6.64. The van der Waals surface area contributed by atoms with Gasteiger partial charge in [0.25, 0.3) is 0 Å². The predicted molar refractivity (Wildman–Crippen MR) is 118 cm³/mol. The fraction of sp³-hybridized carbons (Fsp3) is 0.700. The van der Waals surface area contributed by atoms with Crippen molar-refractivity contribution in [1.29, 1.82) is 0 Å². The van der Waals surface area contributed by atoms with Crippen LogP contribution in [-0.4, -0.2) is 41.2 Å². The molecule has 0 aromatic heterocycles. The second-order valence-corrected chi connectivity index (χ2v) is 12.0. The van der Waals surface area contributed by atoms with E-state index in [0.29, 0.717) is 11.4 Å². The third-order valence-electron chi connectivity index (χ3n) is 5.20. The first-order chi connectivity index (χ1) is 13.7. The average Bonchev–Trinajstić information content (AvgIpc) is 2.68. The van der Waals surface area contributed by atoms with Gasteiger partial charge in [-0.05, 0) is 63.8 Å². The molecule has 1 saturated carbocycles. The van der Waals surface area contributed by atoms with Crippen molar-refractivity contribution < 1.29 is 16.8 Å². The van der Waals surface area contributed by atoms with Gasteiger partial charge in [0.05, 0.1) is 10.1 Å². The molecule has 0 heterocycles. The molecule has 2 rings (SSSR count). The van der Waals surface area contributed by atoms with Gasteiger partial charge in [0.2, 0.25) is 20.0 Å². The number of sulfonamides is 2. The summed E-state index contributed by atoms with van der Waals surface area (Å²) in [5.74, 6) is 0. The number of benzene rings is 1. The Balaban J connectivity index is 1.68. The first-order valence-corrected chi connectivity index (χ1v) is 13.6. The standard InChI is InChI=1S/C20H35N3O4S2/c1-17(2)28(24,25)22-16-8-4-7-15-21-18-11-13-20(14-12-18)29(26,27)23-19-9-5-3-6-10-19/h11-14,17,19,21-23H,3-10,15-16H2,1-2H3. The van der Waals surface area contributed by atoms with E-state index in [1.807, 2.05) is 0 Å². The molecule has 0 atom stereocenters. The Labute approximate surface area is 176 Å². The summed E-state index contributed by atoms with van der Waals surface area (Å²) in [5, 5.41) is 2.87. The highest BCUT2D eigenvalue weighted by atomic mass is 32.2. The van der Waals surface area contributed by atoms with Gasteiger partial charge >= 0.3 is 0 Å². The molecule has 7 nitrogen and oxygen atoms in total. The highest BCUT2D eigenvalue weighted by Crippen LogP contribution is 2.20. The summed E-state index contributed by atoms with van der Waals surface area (Å²) < 4.78 is 53.7. The lowest BCUT2D eigenvalue weighted by Crippen LogP contribution is -2.36. The predicted octanol–water partition coefficient (Wildman–Crippen LogP) is 3.21. The van der Waals surface area contributed by atoms with Crippen molar-refractivity contribution in [2.75, 3.05) is 18.4 Å². The Morgan fingerprint density at radius 1 is 0.897 bits per heavy atom. The summed E-state index contributed by atoms with van der Waals surface area (Å²) >= 11 is 0. The summed E-state index contributed by atoms with van der Waals surface area (Å²) in [5.41, 5.74) is 0.877. The van der Waals surface area contributed by atoms with Crippen LogP contribution in [0, 0.1) is 0 Å². The molecule has 166 valence electrons. The molecule has 29 heavy (non-hydrogen) atoms. The smallest absolute Gasteiger partial charge is 0.240 e. The number of hydrogen-bond acceptors (Lipinski definition) is 5. The Bertz CT molecular complexity index is 816. The van der Waals surface area contributed by atoms with Gasteiger partial charge in [0.1, 0.15) is 0 Å². The van der Waals surface area contributed by atoms with Gasteiger partial charge < -0.3 is 5.32 Å². The van der Waals surface area contributed by atoms with E-state index in [9.17, 15) is 16.8 Å². The summed E-state index contributed by atoms with van der Waals surface area (Å²) in [4.78, 5) is 0.297. The monoisotopic (exact) mass is 445 g/mol. The lowest BCUT2D eigenvalue weighted by molar-refractivity contribution is 0.412. The van der Waals surface area contributed by atoms with Gasteiger partial charge in [0.15, 0.2) is 0 Å². The van der Waals surface area contributed by atoms with Gasteiger partial charge in [-0.3, -0.25) is 0 Å². The molecule has 0 amide bonds. The summed E-state index contributed by atoms with van der Waals surface area (Å²) in [6.45, 7) is 4.54. The molecule has 1 aromatic rings. The Morgan fingerprint density at radius 3 is 2.14 bits per heavy atom. The van der Waals surface area contributed by atoms with Gasteiger partial charge in [-0.15, -0.1) is 0 Å². The second kappa shape index (κ2) is 11.3. The molecule has 3 N–H and O–H groups in total. The van der Waals surface area contributed by atoms with E-state index in [1.165, 1.54) is 6.42 Å². The summed E-state index contributed by atoms with van der Waals surface area (Å²) in [6.07, 6.45) is 7.79. The Hall–Kier alpha value is -1.16. The molecular formula is C20H35N3O4S2. The van der Waals surface area contributed by atoms with Gasteiger partial charge in [0, 0.05) is 24.8 Å². The van der Waals surface area contributed by atoms with E-state index in [4.69, 9.17) is 0 Å². The van der Waals surface area contributed by atoms with Crippen molar-refractivity contribution in [2.45, 2.75) is 81.4 Å². The van der Waals surface area contributed by atoms with Crippen LogP contribution in [0.25, 0.3) is 0 Å². The number of nitrogens with one attached hydrogen (secondary N) is 3. The molecule has 0 radical (unpaired) electrons. The normalized spacial score (nSPS) is 16.2. The largest absolute Gasteiger partial charge is 0.385 e. The lowest BCUT2D eigenvalue weighted by Gasteiger charge is -2.22. The third kappa shape index (κ3) is 8.24. The number of hydrogen-bond donors (Lipinski definition) is 3. The fourth-order valence-electron chi connectivity index (χ4n) is 3.30. The van der Waals surface area contributed by atoms with Gasteiger partial charge in [-0.25, -0.2) is 26.3 Å². The minimum absolute atomic E-state index is 0.0524. The molecule has 1 aliphatic rings. The maximum Gasteiger partial charge on any atom is 0.240 e. The topological polar surface area (TPSA) is 104 Å². The minimum Gasteiger partial charge on any atom is -0.385 e. The van der Waals surface area contributed by atoms with E-state index >= 15 is 0 Å². The van der Waals surface area contributed by atoms with Crippen LogP contribution in [0.1, 0.15) is 65.2 Å². The highest BCUT2D eigenvalue weighted by Gasteiger charge is 2.21. The Kier molecular flexibility index (Phi) is 9.39. The zero-order valence-corrected chi connectivity index (χ0v) is 19.1. The van der Waals surface area contributed by atoms with Gasteiger partial charge in [-0.2, -0.15) is 0 Å². The van der Waals surface area contributed by atoms with Crippen molar-refractivity contribution in [2.24, 2.45) is 0 Å². The molecule has 0 saturated heterocycles. The van der Waals surface area contributed by atoms with E-state index in [2.05, 4.69) is 14.8 Å². The fourth-order valence-corrected chi connectivity index (χ4v) is 5.37. The van der Waals surface area contributed by atoms with Crippen molar-refractivity contribution in [1.82, 2.24) is 9.44 Å². The highest BCUT2D eigenvalue weighted by molar-refractivity contribution is 7.90. The Morgan fingerprint density at radius 2 is 1.52 bits per heavy atom. The quantitative estimate of drug-likeness (QED) is 0.429. The number of rotatable bonds is 12. The number of unbranched alkanes of at least 4 members (excludes halogenated alkanes) is 2. The molecule has 1 aliphatic carbocycles. The second-order valence-electron chi connectivity index (χ2n) is 7.96. The first kappa shape index (κ1) is 24.1. The molecule has 1 aromatic carbocycles. The first-order valence-electron chi connectivity index (χ1n) is 10.6. The van der Waals surface area contributed by atoms with Crippen molar-refractivity contribution in [3.63, 3.8) is 0 Å². The molecule has 1 fully saturated rings. The van der Waals surface area contributed by atoms with Crippen molar-refractivity contribution in [3.05, 3.63) is 24.3 Å². The van der Waals surface area contributed by atoms with Gasteiger partial charge in [-0.1, -0.05) is 25.7 Å². The van der Waals surface area contributed by atoms with Crippen LogP contribution in [-0.2, 0) is 20.0 Å². The van der Waals surface area contributed by atoms with E-state index in [0.717, 1.165) is 57.2 Å². The van der Waals surface area contributed by atoms with Crippen LogP contribution in [0.2, 0.25) is 0 Å². The molecule has 0 bridgehead atoms. The zero-order valence-electron chi connectivity index (χ0n) is 17.5. The third-order valence-corrected chi connectivity index (χ3v) is 8.58. The van der Waals surface area contributed by atoms with Crippen LogP contribution in [0.15, 0.2) is 29.2 Å². The van der Waals surface area contributed by atoms with E-state index < -0.39 is 25.3 Å². The van der Waals surface area contributed by atoms with Crippen molar-refractivity contribution >= 4 is 25.7 Å². The molecular weight excluding hydrogens is 410 g/mol. The summed E-state index contributed by atoms with van der Waals surface area (Å²) in [6, 6.07) is 6.89. The van der Waals surface area contributed by atoms with Crippen LogP contribution in [0.3, 0.4) is 0 Å². The zero-order chi connectivity index (χ0) is 21.3. The van der Waals surface area contributed by atoms with E-state index in [-0.39, 0.29) is 6.04 Å². The van der Waals surface area contributed by atoms with Crippen LogP contribution < -0.4 is 14.8 Å². The average molecular weight is 446 g/mol. The minimum atomic E-state index is -3.46. The molecule has 0 aliphatic heterocycles. The van der Waals surface area contributed by atoms with E-state index in [1.54, 1.807) is 38.1 Å². The maximum atomic E-state index is 12.5. The van der Waals surface area contributed by atoms with Crippen LogP contribution >= 0.6 is 0 Å². The SMILES string of the molecule is CC(C)S(=O)(=O)NCCCCCNc1ccc(S(=O)(=O)NC2CCCCC2)cc1. The molecule has 0 spiro atoms. The lowest BCUT2D eigenvalue weighted by atomic mass is 9.96. The maximum absolute atomic E-state index is 12.5.